The third kappa shape index (κ3) is 3.27. The molecular formula is C22H22N6OS. The van der Waals surface area contributed by atoms with Crippen LogP contribution in [0, 0.1) is 13.8 Å². The third-order valence-electron chi connectivity index (χ3n) is 5.74. The van der Waals surface area contributed by atoms with Crippen molar-refractivity contribution >= 4 is 43.5 Å². The van der Waals surface area contributed by atoms with Gasteiger partial charge < -0.3 is 10.2 Å². The monoisotopic (exact) mass is 418 g/mol. The molecule has 0 radical (unpaired) electrons. The standard InChI is InChI=1S/C22H22N6OS/c1-12-13(2)26-27-21-17(12)18-19(30-21)20(25-11-24-18)23-10-14-4-6-15(7-5-14)22(29)28(3)16-8-9-16/h4-7,11,16H,8-10H2,1-3H3,(H,23,24,25). The molecule has 5 rings (SSSR count). The Morgan fingerprint density at radius 1 is 1.17 bits per heavy atom. The summed E-state index contributed by atoms with van der Waals surface area (Å²) in [4.78, 5) is 24.2. The summed E-state index contributed by atoms with van der Waals surface area (Å²) in [5.41, 5.74) is 4.74. The maximum absolute atomic E-state index is 12.5. The first-order valence-corrected chi connectivity index (χ1v) is 10.8. The molecule has 1 saturated carbocycles. The van der Waals surface area contributed by atoms with Gasteiger partial charge >= 0.3 is 0 Å². The maximum atomic E-state index is 12.5. The van der Waals surface area contributed by atoms with E-state index in [1.54, 1.807) is 17.7 Å². The maximum Gasteiger partial charge on any atom is 0.253 e. The minimum atomic E-state index is 0.0894. The number of amides is 1. The first kappa shape index (κ1) is 18.9. The lowest BCUT2D eigenvalue weighted by Gasteiger charge is -2.16. The molecule has 1 fully saturated rings. The molecule has 1 aliphatic carbocycles. The molecule has 7 nitrogen and oxygen atoms in total. The molecule has 1 amide bonds. The number of fused-ring (bicyclic) bond motifs is 3. The average Bonchev–Trinajstić information content (AvgIpc) is 3.54. The Morgan fingerprint density at radius 3 is 2.67 bits per heavy atom. The van der Waals surface area contributed by atoms with Crippen molar-refractivity contribution in [3.8, 4) is 0 Å². The van der Waals surface area contributed by atoms with Crippen LogP contribution in [0.3, 0.4) is 0 Å². The molecule has 1 aliphatic rings. The van der Waals surface area contributed by atoms with Gasteiger partial charge in [-0.1, -0.05) is 12.1 Å². The van der Waals surface area contributed by atoms with E-state index in [1.165, 1.54) is 0 Å². The Balaban J connectivity index is 1.37. The third-order valence-corrected chi connectivity index (χ3v) is 6.81. The van der Waals surface area contributed by atoms with Crippen LogP contribution >= 0.6 is 11.3 Å². The van der Waals surface area contributed by atoms with Gasteiger partial charge in [-0.25, -0.2) is 9.97 Å². The number of nitrogens with zero attached hydrogens (tertiary/aromatic N) is 5. The van der Waals surface area contributed by atoms with Gasteiger partial charge in [0.05, 0.1) is 15.9 Å². The van der Waals surface area contributed by atoms with Gasteiger partial charge in [-0.15, -0.1) is 16.4 Å². The number of carbonyl (C=O) groups excluding carboxylic acids is 1. The Bertz CT molecular complexity index is 1260. The van der Waals surface area contributed by atoms with Gasteiger partial charge in [0.2, 0.25) is 0 Å². The van der Waals surface area contributed by atoms with E-state index in [9.17, 15) is 4.79 Å². The van der Waals surface area contributed by atoms with E-state index in [1.807, 2.05) is 43.1 Å². The van der Waals surface area contributed by atoms with E-state index in [-0.39, 0.29) is 5.91 Å². The highest BCUT2D eigenvalue weighted by Gasteiger charge is 2.29. The fraction of sp³-hybridized carbons (Fsp3) is 0.318. The second kappa shape index (κ2) is 7.28. The molecule has 4 aromatic rings. The molecule has 3 aromatic heterocycles. The zero-order chi connectivity index (χ0) is 20.8. The van der Waals surface area contributed by atoms with Crippen LogP contribution in [0.5, 0.6) is 0 Å². The van der Waals surface area contributed by atoms with Crippen molar-refractivity contribution in [2.45, 2.75) is 39.3 Å². The quantitative estimate of drug-likeness (QED) is 0.525. The number of carbonyl (C=O) groups is 1. The molecule has 8 heteroatoms. The molecule has 1 N–H and O–H groups in total. The van der Waals surface area contributed by atoms with Crippen LogP contribution in [0.1, 0.15) is 40.0 Å². The molecule has 1 aromatic carbocycles. The molecule has 30 heavy (non-hydrogen) atoms. The molecule has 0 aliphatic heterocycles. The zero-order valence-corrected chi connectivity index (χ0v) is 18.0. The molecule has 152 valence electrons. The highest BCUT2D eigenvalue weighted by molar-refractivity contribution is 7.25. The van der Waals surface area contributed by atoms with Crippen molar-refractivity contribution in [2.75, 3.05) is 12.4 Å². The number of aryl methyl sites for hydroxylation is 2. The largest absolute Gasteiger partial charge is 0.365 e. The summed E-state index contributed by atoms with van der Waals surface area (Å²) in [6, 6.07) is 8.19. The van der Waals surface area contributed by atoms with Gasteiger partial charge in [-0.05, 0) is 49.9 Å². The van der Waals surface area contributed by atoms with Gasteiger partial charge in [-0.2, -0.15) is 5.10 Å². The van der Waals surface area contributed by atoms with Crippen molar-refractivity contribution in [1.29, 1.82) is 0 Å². The molecule has 0 atom stereocenters. The van der Waals surface area contributed by atoms with Crippen LogP contribution in [-0.4, -0.2) is 44.1 Å². The lowest BCUT2D eigenvalue weighted by molar-refractivity contribution is 0.0785. The number of hydrogen-bond donors (Lipinski definition) is 1. The summed E-state index contributed by atoms with van der Waals surface area (Å²) >= 11 is 1.55. The van der Waals surface area contributed by atoms with Gasteiger partial charge in [0, 0.05) is 30.6 Å². The van der Waals surface area contributed by atoms with Gasteiger partial charge in [-0.3, -0.25) is 4.79 Å². The Kier molecular flexibility index (Phi) is 4.58. The van der Waals surface area contributed by atoms with Crippen molar-refractivity contribution in [3.05, 3.63) is 53.0 Å². The molecule has 0 unspecified atom stereocenters. The second-order valence-electron chi connectivity index (χ2n) is 7.79. The topological polar surface area (TPSA) is 83.9 Å². The van der Waals surface area contributed by atoms with Gasteiger partial charge in [0.25, 0.3) is 5.91 Å². The second-order valence-corrected chi connectivity index (χ2v) is 8.79. The number of aromatic nitrogens is 4. The Labute approximate surface area is 178 Å². The molecule has 3 heterocycles. The number of anilines is 1. The summed E-state index contributed by atoms with van der Waals surface area (Å²) in [5.74, 6) is 0.875. The fourth-order valence-corrected chi connectivity index (χ4v) is 4.69. The summed E-state index contributed by atoms with van der Waals surface area (Å²) in [6.07, 6.45) is 3.81. The lowest BCUT2D eigenvalue weighted by atomic mass is 10.1. The fourth-order valence-electron chi connectivity index (χ4n) is 3.59. The van der Waals surface area contributed by atoms with Crippen LogP contribution in [0.25, 0.3) is 20.4 Å². The van der Waals surface area contributed by atoms with E-state index >= 15 is 0 Å². The SMILES string of the molecule is Cc1nnc2sc3c(NCc4ccc(C(=O)N(C)C5CC5)cc4)ncnc3c2c1C. The summed E-state index contributed by atoms with van der Waals surface area (Å²) in [7, 11) is 1.88. The first-order valence-electron chi connectivity index (χ1n) is 10.00. The molecule has 0 bridgehead atoms. The molecule has 0 saturated heterocycles. The van der Waals surface area contributed by atoms with E-state index < -0.39 is 0 Å². The van der Waals surface area contributed by atoms with Gasteiger partial charge in [0.15, 0.2) is 0 Å². The lowest BCUT2D eigenvalue weighted by Crippen LogP contribution is -2.28. The van der Waals surface area contributed by atoms with Crippen molar-refractivity contribution < 1.29 is 4.79 Å². The van der Waals surface area contributed by atoms with Crippen LogP contribution in [-0.2, 0) is 6.54 Å². The number of hydrogen-bond acceptors (Lipinski definition) is 7. The minimum Gasteiger partial charge on any atom is -0.365 e. The van der Waals surface area contributed by atoms with E-state index in [4.69, 9.17) is 0 Å². The zero-order valence-electron chi connectivity index (χ0n) is 17.1. The smallest absolute Gasteiger partial charge is 0.253 e. The van der Waals surface area contributed by atoms with Crippen molar-refractivity contribution in [1.82, 2.24) is 25.1 Å². The number of rotatable bonds is 5. The number of benzene rings is 1. The Morgan fingerprint density at radius 2 is 1.93 bits per heavy atom. The summed E-state index contributed by atoms with van der Waals surface area (Å²) in [6.45, 7) is 4.62. The predicted octanol–water partition coefficient (Wildman–Crippen LogP) is 4.10. The van der Waals surface area contributed by atoms with Crippen molar-refractivity contribution in [3.63, 3.8) is 0 Å². The normalized spacial score (nSPS) is 13.7. The van der Waals surface area contributed by atoms with E-state index in [2.05, 4.69) is 32.4 Å². The van der Waals surface area contributed by atoms with Gasteiger partial charge in [0.1, 0.15) is 17.0 Å². The molecular weight excluding hydrogens is 396 g/mol. The van der Waals surface area contributed by atoms with Crippen molar-refractivity contribution in [2.24, 2.45) is 0 Å². The molecule has 0 spiro atoms. The Hall–Kier alpha value is -3.13. The van der Waals surface area contributed by atoms with Crippen LogP contribution in [0.4, 0.5) is 5.82 Å². The summed E-state index contributed by atoms with van der Waals surface area (Å²) in [5, 5.41) is 13.0. The first-order chi connectivity index (χ1) is 14.5. The van der Waals surface area contributed by atoms with Crippen LogP contribution in [0.2, 0.25) is 0 Å². The van der Waals surface area contributed by atoms with Crippen LogP contribution < -0.4 is 5.32 Å². The number of nitrogens with one attached hydrogen (secondary N) is 1. The predicted molar refractivity (Wildman–Crippen MR) is 119 cm³/mol. The van der Waals surface area contributed by atoms with E-state index in [0.717, 1.165) is 61.5 Å². The number of thiophene rings is 1. The van der Waals surface area contributed by atoms with E-state index in [0.29, 0.717) is 12.6 Å². The van der Waals surface area contributed by atoms with Crippen LogP contribution in [0.15, 0.2) is 30.6 Å². The highest BCUT2D eigenvalue weighted by Crippen LogP contribution is 2.36. The summed E-state index contributed by atoms with van der Waals surface area (Å²) < 4.78 is 0.980. The highest BCUT2D eigenvalue weighted by atomic mass is 32.1. The minimum absolute atomic E-state index is 0.0894. The average molecular weight is 419 g/mol.